The Labute approximate surface area is 166 Å². The molecule has 0 spiro atoms. The molecule has 0 fully saturated rings. The molecule has 2 aromatic rings. The molecule has 2 rings (SSSR count). The van der Waals surface area contributed by atoms with Gasteiger partial charge in [-0.2, -0.15) is 0 Å². The van der Waals surface area contributed by atoms with Gasteiger partial charge in [-0.15, -0.1) is 0 Å². The molecule has 0 amide bonds. The number of carbonyl (C=O) groups excluding carboxylic acids is 1. The van der Waals surface area contributed by atoms with Crippen LogP contribution < -0.4 is 0 Å². The van der Waals surface area contributed by atoms with Gasteiger partial charge in [-0.05, 0) is 76.2 Å². The normalized spacial score (nSPS) is 10.5. The Morgan fingerprint density at radius 3 is 2.46 bits per heavy atom. The second kappa shape index (κ2) is 9.56. The standard InChI is InChI=1S/C20H21IO5/c1-26-20(25)8-6-15-11-17(21)18(22)12-16(15)10-14-4-2-3-13(9-14)5-7-19(23)24/h2-4,9,11-12,22H,5-8,10H2,1H3,(H,23,24). The van der Waals surface area contributed by atoms with Crippen molar-refractivity contribution in [3.05, 3.63) is 62.2 Å². The average molecular weight is 468 g/mol. The number of esters is 1. The van der Waals surface area contributed by atoms with Gasteiger partial charge in [0.1, 0.15) is 5.75 Å². The molecule has 138 valence electrons. The predicted molar refractivity (Wildman–Crippen MR) is 106 cm³/mol. The van der Waals surface area contributed by atoms with Crippen LogP contribution in [0, 0.1) is 3.57 Å². The summed E-state index contributed by atoms with van der Waals surface area (Å²) in [5, 5.41) is 18.9. The van der Waals surface area contributed by atoms with Crippen molar-refractivity contribution in [3.63, 3.8) is 0 Å². The van der Waals surface area contributed by atoms with E-state index < -0.39 is 5.97 Å². The maximum Gasteiger partial charge on any atom is 0.305 e. The van der Waals surface area contributed by atoms with Gasteiger partial charge in [-0.25, -0.2) is 0 Å². The van der Waals surface area contributed by atoms with E-state index in [-0.39, 0.29) is 24.6 Å². The summed E-state index contributed by atoms with van der Waals surface area (Å²) < 4.78 is 5.45. The molecule has 0 unspecified atom stereocenters. The molecule has 0 saturated carbocycles. The van der Waals surface area contributed by atoms with E-state index in [1.54, 1.807) is 6.07 Å². The molecule has 0 aliphatic heterocycles. The number of benzene rings is 2. The number of carboxylic acids is 1. The van der Waals surface area contributed by atoms with Crippen molar-refractivity contribution in [1.29, 1.82) is 0 Å². The zero-order valence-electron chi connectivity index (χ0n) is 14.5. The number of hydrogen-bond donors (Lipinski definition) is 2. The van der Waals surface area contributed by atoms with Gasteiger partial charge in [-0.1, -0.05) is 24.3 Å². The molecule has 0 radical (unpaired) electrons. The first-order valence-corrected chi connectivity index (χ1v) is 9.33. The highest BCUT2D eigenvalue weighted by molar-refractivity contribution is 14.1. The fourth-order valence-electron chi connectivity index (χ4n) is 2.75. The molecule has 0 saturated heterocycles. The number of carbonyl (C=O) groups is 2. The lowest BCUT2D eigenvalue weighted by Crippen LogP contribution is -2.05. The Morgan fingerprint density at radius 2 is 1.77 bits per heavy atom. The number of aliphatic carboxylic acids is 1. The van der Waals surface area contributed by atoms with Crippen LogP contribution in [0.15, 0.2) is 36.4 Å². The summed E-state index contributed by atoms with van der Waals surface area (Å²) in [7, 11) is 1.37. The van der Waals surface area contributed by atoms with Crippen molar-refractivity contribution in [2.24, 2.45) is 0 Å². The van der Waals surface area contributed by atoms with Crippen molar-refractivity contribution in [1.82, 2.24) is 0 Å². The van der Waals surface area contributed by atoms with Crippen LogP contribution in [0.3, 0.4) is 0 Å². The lowest BCUT2D eigenvalue weighted by molar-refractivity contribution is -0.140. The number of phenols is 1. The molecule has 0 bridgehead atoms. The van der Waals surface area contributed by atoms with Crippen molar-refractivity contribution >= 4 is 34.5 Å². The van der Waals surface area contributed by atoms with Crippen LogP contribution in [-0.2, 0) is 33.6 Å². The Kier molecular flexibility index (Phi) is 7.44. The highest BCUT2D eigenvalue weighted by Gasteiger charge is 2.11. The first-order valence-electron chi connectivity index (χ1n) is 8.25. The maximum absolute atomic E-state index is 11.5. The molecule has 0 aromatic heterocycles. The second-order valence-corrected chi connectivity index (χ2v) is 7.20. The predicted octanol–water partition coefficient (Wildman–Crippen LogP) is 3.71. The smallest absolute Gasteiger partial charge is 0.305 e. The number of phenolic OH excluding ortho intramolecular Hbond substituents is 1. The topological polar surface area (TPSA) is 83.8 Å². The number of carboxylic acid groups (broad SMARTS) is 1. The third kappa shape index (κ3) is 6.01. The summed E-state index contributed by atoms with van der Waals surface area (Å²) in [5.41, 5.74) is 3.94. The maximum atomic E-state index is 11.5. The van der Waals surface area contributed by atoms with Crippen LogP contribution >= 0.6 is 22.6 Å². The Bertz CT molecular complexity index is 801. The van der Waals surface area contributed by atoms with Gasteiger partial charge in [0.25, 0.3) is 0 Å². The summed E-state index contributed by atoms with van der Waals surface area (Å²) in [6.45, 7) is 0. The van der Waals surface area contributed by atoms with E-state index in [0.717, 1.165) is 25.8 Å². The van der Waals surface area contributed by atoms with Gasteiger partial charge in [0.05, 0.1) is 10.7 Å². The third-order valence-corrected chi connectivity index (χ3v) is 4.97. The second-order valence-electron chi connectivity index (χ2n) is 6.04. The van der Waals surface area contributed by atoms with E-state index in [1.165, 1.54) is 7.11 Å². The first-order chi connectivity index (χ1) is 12.4. The Hall–Kier alpha value is -2.09. The molecule has 0 aliphatic carbocycles. The zero-order chi connectivity index (χ0) is 19.1. The molecule has 0 heterocycles. The molecule has 2 N–H and O–H groups in total. The summed E-state index contributed by atoms with van der Waals surface area (Å²) in [6.07, 6.45) is 2.00. The van der Waals surface area contributed by atoms with Crippen molar-refractivity contribution in [2.45, 2.75) is 32.1 Å². The number of aryl methyl sites for hydroxylation is 2. The van der Waals surface area contributed by atoms with E-state index in [2.05, 4.69) is 22.6 Å². The van der Waals surface area contributed by atoms with Crippen LogP contribution in [-0.4, -0.2) is 29.3 Å². The van der Waals surface area contributed by atoms with Gasteiger partial charge in [0.2, 0.25) is 0 Å². The summed E-state index contributed by atoms with van der Waals surface area (Å²) in [6, 6.07) is 11.4. The lowest BCUT2D eigenvalue weighted by atomic mass is 9.95. The quantitative estimate of drug-likeness (QED) is 0.456. The van der Waals surface area contributed by atoms with Gasteiger partial charge in [0.15, 0.2) is 0 Å². The number of rotatable bonds is 8. The minimum atomic E-state index is -0.817. The van der Waals surface area contributed by atoms with Gasteiger partial charge >= 0.3 is 11.9 Å². The molecule has 0 aliphatic rings. The SMILES string of the molecule is COC(=O)CCc1cc(I)c(O)cc1Cc1cccc(CCC(=O)O)c1. The highest BCUT2D eigenvalue weighted by atomic mass is 127. The lowest BCUT2D eigenvalue weighted by Gasteiger charge is -2.12. The van der Waals surface area contributed by atoms with Crippen LogP contribution in [0.25, 0.3) is 0 Å². The summed E-state index contributed by atoms with van der Waals surface area (Å²) >= 11 is 2.06. The van der Waals surface area contributed by atoms with Crippen LogP contribution in [0.4, 0.5) is 0 Å². The fraction of sp³-hybridized carbons (Fsp3) is 0.300. The number of ether oxygens (including phenoxy) is 1. The summed E-state index contributed by atoms with van der Waals surface area (Å²) in [4.78, 5) is 22.2. The first kappa shape index (κ1) is 20.2. The van der Waals surface area contributed by atoms with Crippen LogP contribution in [0.1, 0.15) is 35.1 Å². The van der Waals surface area contributed by atoms with E-state index in [9.17, 15) is 14.7 Å². The molecular formula is C20H21IO5. The highest BCUT2D eigenvalue weighted by Crippen LogP contribution is 2.27. The Balaban J connectivity index is 2.22. The average Bonchev–Trinajstić information content (AvgIpc) is 2.61. The van der Waals surface area contributed by atoms with E-state index >= 15 is 0 Å². The number of hydrogen-bond acceptors (Lipinski definition) is 4. The van der Waals surface area contributed by atoms with E-state index in [1.807, 2.05) is 30.3 Å². The molecule has 6 heteroatoms. The van der Waals surface area contributed by atoms with Crippen LogP contribution in [0.2, 0.25) is 0 Å². The van der Waals surface area contributed by atoms with Gasteiger partial charge in [-0.3, -0.25) is 9.59 Å². The summed E-state index contributed by atoms with van der Waals surface area (Å²) in [5.74, 6) is -0.873. The van der Waals surface area contributed by atoms with E-state index in [0.29, 0.717) is 19.3 Å². The minimum Gasteiger partial charge on any atom is -0.507 e. The number of methoxy groups -OCH3 is 1. The molecule has 2 aromatic carbocycles. The molecular weight excluding hydrogens is 447 g/mol. The Morgan fingerprint density at radius 1 is 1.04 bits per heavy atom. The fourth-order valence-corrected chi connectivity index (χ4v) is 3.28. The number of aromatic hydroxyl groups is 1. The third-order valence-electron chi connectivity index (χ3n) is 4.11. The van der Waals surface area contributed by atoms with E-state index in [4.69, 9.17) is 9.84 Å². The minimum absolute atomic E-state index is 0.0954. The molecule has 5 nitrogen and oxygen atoms in total. The van der Waals surface area contributed by atoms with Gasteiger partial charge in [0, 0.05) is 12.8 Å². The van der Waals surface area contributed by atoms with Crippen molar-refractivity contribution in [3.8, 4) is 5.75 Å². The number of halogens is 1. The van der Waals surface area contributed by atoms with Gasteiger partial charge < -0.3 is 14.9 Å². The van der Waals surface area contributed by atoms with Crippen LogP contribution in [0.5, 0.6) is 5.75 Å². The largest absolute Gasteiger partial charge is 0.507 e. The van der Waals surface area contributed by atoms with Crippen molar-refractivity contribution < 1.29 is 24.5 Å². The monoisotopic (exact) mass is 468 g/mol. The zero-order valence-corrected chi connectivity index (χ0v) is 16.7. The molecule has 0 atom stereocenters. The molecule has 26 heavy (non-hydrogen) atoms. The van der Waals surface area contributed by atoms with Crippen molar-refractivity contribution in [2.75, 3.05) is 7.11 Å².